The number of ether oxygens (including phenoxy) is 1. The molecule has 1 aliphatic rings. The Morgan fingerprint density at radius 3 is 2.10 bits per heavy atom. The third-order valence-electron chi connectivity index (χ3n) is 5.52. The molecule has 0 spiro atoms. The molecule has 164 valence electrons. The highest BCUT2D eigenvalue weighted by Crippen LogP contribution is 2.15. The average molecular weight is 423 g/mol. The van der Waals surface area contributed by atoms with E-state index in [-0.39, 0.29) is 29.5 Å². The van der Waals surface area contributed by atoms with Gasteiger partial charge < -0.3 is 14.5 Å². The van der Waals surface area contributed by atoms with Gasteiger partial charge in [-0.2, -0.15) is 0 Å². The maximum absolute atomic E-state index is 13.0. The third kappa shape index (κ3) is 6.41. The largest absolute Gasteiger partial charge is 0.452 e. The van der Waals surface area contributed by atoms with E-state index in [0.717, 1.165) is 31.2 Å². The molecular weight excluding hydrogens is 392 g/mol. The lowest BCUT2D eigenvalue weighted by Crippen LogP contribution is -2.37. The van der Waals surface area contributed by atoms with E-state index in [1.54, 1.807) is 41.1 Å². The summed E-state index contributed by atoms with van der Waals surface area (Å²) < 4.78 is 5.30. The number of nitrogens with zero attached hydrogens (tertiary/aromatic N) is 2. The van der Waals surface area contributed by atoms with E-state index in [1.165, 1.54) is 6.42 Å². The zero-order chi connectivity index (χ0) is 22.1. The fourth-order valence-corrected chi connectivity index (χ4v) is 3.78. The minimum Gasteiger partial charge on any atom is -0.452 e. The van der Waals surface area contributed by atoms with Gasteiger partial charge in [0.15, 0.2) is 6.61 Å². The van der Waals surface area contributed by atoms with E-state index in [1.807, 2.05) is 30.3 Å². The van der Waals surface area contributed by atoms with Crippen LogP contribution < -0.4 is 0 Å². The lowest BCUT2D eigenvalue weighted by Gasteiger charge is -2.24. The molecule has 1 fully saturated rings. The van der Waals surface area contributed by atoms with Crippen LogP contribution in [0.3, 0.4) is 0 Å². The smallest absolute Gasteiger partial charge is 0.339 e. The summed E-state index contributed by atoms with van der Waals surface area (Å²) >= 11 is 0. The first-order valence-corrected chi connectivity index (χ1v) is 10.9. The van der Waals surface area contributed by atoms with Crippen LogP contribution in [0.15, 0.2) is 54.6 Å². The molecule has 1 saturated heterocycles. The summed E-state index contributed by atoms with van der Waals surface area (Å²) in [5.41, 5.74) is 1.44. The molecule has 0 unspecified atom stereocenters. The Bertz CT molecular complexity index is 889. The molecule has 0 radical (unpaired) electrons. The van der Waals surface area contributed by atoms with Gasteiger partial charge in [0.1, 0.15) is 0 Å². The molecule has 1 heterocycles. The van der Waals surface area contributed by atoms with Gasteiger partial charge in [-0.1, -0.05) is 61.7 Å². The fourth-order valence-electron chi connectivity index (χ4n) is 3.78. The highest BCUT2D eigenvalue weighted by Gasteiger charge is 2.22. The van der Waals surface area contributed by atoms with Gasteiger partial charge in [0, 0.05) is 26.7 Å². The third-order valence-corrected chi connectivity index (χ3v) is 5.52. The topological polar surface area (TPSA) is 66.9 Å². The molecule has 0 aromatic heterocycles. The Morgan fingerprint density at radius 1 is 0.839 bits per heavy atom. The van der Waals surface area contributed by atoms with Gasteiger partial charge in [0.05, 0.1) is 11.1 Å². The van der Waals surface area contributed by atoms with Crippen molar-refractivity contribution < 1.29 is 19.1 Å². The number of rotatable bonds is 6. The van der Waals surface area contributed by atoms with Crippen LogP contribution in [0.2, 0.25) is 0 Å². The van der Waals surface area contributed by atoms with E-state index in [0.29, 0.717) is 19.6 Å². The summed E-state index contributed by atoms with van der Waals surface area (Å²) in [4.78, 5) is 41.5. The minimum atomic E-state index is -0.655. The van der Waals surface area contributed by atoms with Crippen molar-refractivity contribution in [1.82, 2.24) is 9.80 Å². The van der Waals surface area contributed by atoms with Crippen molar-refractivity contribution in [3.63, 3.8) is 0 Å². The molecule has 1 aliphatic heterocycles. The Hall–Kier alpha value is -3.15. The molecule has 0 atom stereocenters. The monoisotopic (exact) mass is 422 g/mol. The van der Waals surface area contributed by atoms with Crippen molar-refractivity contribution in [2.24, 2.45) is 0 Å². The van der Waals surface area contributed by atoms with Crippen molar-refractivity contribution in [1.29, 1.82) is 0 Å². The Morgan fingerprint density at radius 2 is 1.42 bits per heavy atom. The van der Waals surface area contributed by atoms with E-state index in [2.05, 4.69) is 0 Å². The van der Waals surface area contributed by atoms with Crippen LogP contribution in [-0.2, 0) is 16.1 Å². The first kappa shape index (κ1) is 22.5. The zero-order valence-corrected chi connectivity index (χ0v) is 18.1. The molecule has 2 aromatic rings. The quantitative estimate of drug-likeness (QED) is 0.662. The molecule has 6 heteroatoms. The predicted molar refractivity (Wildman–Crippen MR) is 119 cm³/mol. The number of carbonyl (C=O) groups is 3. The summed E-state index contributed by atoms with van der Waals surface area (Å²) in [5, 5.41) is 0. The number of amides is 2. The van der Waals surface area contributed by atoms with Crippen LogP contribution in [0.4, 0.5) is 0 Å². The van der Waals surface area contributed by atoms with Crippen molar-refractivity contribution in [3.05, 3.63) is 71.3 Å². The molecular formula is C25H30N2O4. The summed E-state index contributed by atoms with van der Waals surface area (Å²) in [6.45, 7) is 1.53. The second-order valence-corrected chi connectivity index (χ2v) is 7.92. The van der Waals surface area contributed by atoms with Gasteiger partial charge in [0.2, 0.25) is 0 Å². The molecule has 6 nitrogen and oxygen atoms in total. The number of esters is 1. The first-order chi connectivity index (χ1) is 15.1. The Kier molecular flexibility index (Phi) is 8.21. The average Bonchev–Trinajstić information content (AvgIpc) is 2.77. The normalized spacial score (nSPS) is 14.3. The highest BCUT2D eigenvalue weighted by molar-refractivity contribution is 6.05. The summed E-state index contributed by atoms with van der Waals surface area (Å²) in [6.07, 6.45) is 5.40. The molecule has 0 bridgehead atoms. The van der Waals surface area contributed by atoms with Crippen LogP contribution in [0.25, 0.3) is 0 Å². The van der Waals surface area contributed by atoms with E-state index < -0.39 is 5.97 Å². The van der Waals surface area contributed by atoms with Crippen molar-refractivity contribution in [2.75, 3.05) is 26.7 Å². The van der Waals surface area contributed by atoms with Gasteiger partial charge in [-0.3, -0.25) is 9.59 Å². The molecule has 0 N–H and O–H groups in total. The van der Waals surface area contributed by atoms with Crippen LogP contribution in [0.1, 0.15) is 58.4 Å². The first-order valence-electron chi connectivity index (χ1n) is 10.9. The molecule has 0 saturated carbocycles. The van der Waals surface area contributed by atoms with E-state index in [9.17, 15) is 14.4 Å². The molecule has 2 aromatic carbocycles. The lowest BCUT2D eigenvalue weighted by atomic mass is 10.1. The second kappa shape index (κ2) is 11.3. The van der Waals surface area contributed by atoms with E-state index >= 15 is 0 Å². The summed E-state index contributed by atoms with van der Waals surface area (Å²) in [7, 11) is 1.70. The van der Waals surface area contributed by atoms with Gasteiger partial charge in [-0.25, -0.2) is 4.79 Å². The van der Waals surface area contributed by atoms with Gasteiger partial charge in [0.25, 0.3) is 11.8 Å². The van der Waals surface area contributed by atoms with Crippen LogP contribution >= 0.6 is 0 Å². The molecule has 31 heavy (non-hydrogen) atoms. The molecule has 0 aliphatic carbocycles. The van der Waals surface area contributed by atoms with Gasteiger partial charge in [-0.05, 0) is 30.5 Å². The number of likely N-dealkylation sites (tertiary alicyclic amines) is 1. The molecule has 3 rings (SSSR count). The Labute approximate surface area is 183 Å². The maximum Gasteiger partial charge on any atom is 0.339 e. The summed E-state index contributed by atoms with van der Waals surface area (Å²) in [5.74, 6) is -1.11. The van der Waals surface area contributed by atoms with Crippen LogP contribution in [-0.4, -0.2) is 54.3 Å². The number of hydrogen-bond donors (Lipinski definition) is 0. The molecule has 2 amide bonds. The van der Waals surface area contributed by atoms with Gasteiger partial charge >= 0.3 is 5.97 Å². The number of benzene rings is 2. The van der Waals surface area contributed by atoms with Crippen LogP contribution in [0, 0.1) is 0 Å². The SMILES string of the molecule is CN(Cc1ccccc1)C(=O)c1ccccc1C(=O)OCC(=O)N1CCCCCCC1. The van der Waals surface area contributed by atoms with Crippen molar-refractivity contribution in [2.45, 2.75) is 38.6 Å². The predicted octanol–water partition coefficient (Wildman–Crippen LogP) is 3.91. The highest BCUT2D eigenvalue weighted by atomic mass is 16.5. The van der Waals surface area contributed by atoms with Crippen LogP contribution in [0.5, 0.6) is 0 Å². The van der Waals surface area contributed by atoms with Crippen molar-refractivity contribution in [3.8, 4) is 0 Å². The van der Waals surface area contributed by atoms with Crippen molar-refractivity contribution >= 4 is 17.8 Å². The maximum atomic E-state index is 13.0. The number of carbonyl (C=O) groups excluding carboxylic acids is 3. The van der Waals surface area contributed by atoms with Gasteiger partial charge in [-0.15, -0.1) is 0 Å². The Balaban J connectivity index is 1.62. The standard InChI is InChI=1S/C25H30N2O4/c1-26(18-20-12-6-5-7-13-20)24(29)21-14-8-9-15-22(21)25(30)31-19-23(28)27-16-10-3-2-4-11-17-27/h5-9,12-15H,2-4,10-11,16-19H2,1H3. The fraction of sp³-hybridized carbons (Fsp3) is 0.400. The van der Waals surface area contributed by atoms with E-state index in [4.69, 9.17) is 4.74 Å². The lowest BCUT2D eigenvalue weighted by molar-refractivity contribution is -0.134. The zero-order valence-electron chi connectivity index (χ0n) is 18.1. The minimum absolute atomic E-state index is 0.174. The summed E-state index contributed by atoms with van der Waals surface area (Å²) in [6, 6.07) is 16.2. The second-order valence-electron chi connectivity index (χ2n) is 7.92. The number of hydrogen-bond acceptors (Lipinski definition) is 4.